The van der Waals surface area contributed by atoms with Gasteiger partial charge in [-0.05, 0) is 18.5 Å². The fourth-order valence-electron chi connectivity index (χ4n) is 0.601. The Labute approximate surface area is 73.0 Å². The van der Waals surface area contributed by atoms with Crippen LogP contribution in [0.15, 0.2) is 6.20 Å². The molecule has 66 valence electrons. The van der Waals surface area contributed by atoms with E-state index in [0.717, 1.165) is 11.5 Å². The molecule has 0 spiro atoms. The van der Waals surface area contributed by atoms with E-state index in [2.05, 4.69) is 14.9 Å². The molecule has 6 heteroatoms. The highest BCUT2D eigenvalue weighted by atomic mass is 32.1. The van der Waals surface area contributed by atoms with Gasteiger partial charge in [0.2, 0.25) is 0 Å². The molecular formula is C6H8FN3OS. The molecule has 0 unspecified atom stereocenters. The molecule has 0 aliphatic carbocycles. The number of halogens is 1. The van der Waals surface area contributed by atoms with E-state index >= 15 is 0 Å². The average molecular weight is 189 g/mol. The monoisotopic (exact) mass is 189 g/mol. The van der Waals surface area contributed by atoms with Gasteiger partial charge in [-0.3, -0.25) is 4.79 Å². The number of hydrogen-bond donors (Lipinski definition) is 1. The summed E-state index contributed by atoms with van der Waals surface area (Å²) in [5.74, 6) is -0.324. The first-order valence-electron chi connectivity index (χ1n) is 3.38. The largest absolute Gasteiger partial charge is 0.346 e. The number of nitrogens with one attached hydrogen (secondary N) is 1. The van der Waals surface area contributed by atoms with E-state index in [-0.39, 0.29) is 5.91 Å². The van der Waals surface area contributed by atoms with Gasteiger partial charge < -0.3 is 5.32 Å². The van der Waals surface area contributed by atoms with Gasteiger partial charge in [0, 0.05) is 0 Å². The van der Waals surface area contributed by atoms with Crippen LogP contribution in [-0.2, 0) is 0 Å². The Kier molecular flexibility index (Phi) is 3.09. The smallest absolute Gasteiger partial charge is 0.264 e. The van der Waals surface area contributed by atoms with Crippen LogP contribution in [0.3, 0.4) is 0 Å². The Morgan fingerprint density at radius 2 is 2.67 bits per heavy atom. The quantitative estimate of drug-likeness (QED) is 0.758. The molecule has 0 bridgehead atoms. The normalized spacial score (nSPS) is 12.5. The molecule has 1 aromatic heterocycles. The third kappa shape index (κ3) is 2.23. The highest BCUT2D eigenvalue weighted by Gasteiger charge is 2.10. The first-order chi connectivity index (χ1) is 5.74. The molecule has 1 N–H and O–H groups in total. The summed E-state index contributed by atoms with van der Waals surface area (Å²) in [5, 5.41) is 5.94. The second-order valence-corrected chi connectivity index (χ2v) is 3.10. The first kappa shape index (κ1) is 9.05. The van der Waals surface area contributed by atoms with Crippen molar-refractivity contribution in [3.63, 3.8) is 0 Å². The van der Waals surface area contributed by atoms with Gasteiger partial charge in [0.15, 0.2) is 0 Å². The summed E-state index contributed by atoms with van der Waals surface area (Å²) in [6.45, 7) is 1.02. The molecular weight excluding hydrogens is 181 g/mol. The fourth-order valence-corrected chi connectivity index (χ4v) is 1.02. The highest BCUT2D eigenvalue weighted by molar-refractivity contribution is 7.07. The molecule has 1 atom stereocenters. The van der Waals surface area contributed by atoms with Crippen LogP contribution >= 0.6 is 11.5 Å². The first-order valence-corrected chi connectivity index (χ1v) is 4.15. The van der Waals surface area contributed by atoms with Crippen LogP contribution in [0.4, 0.5) is 4.39 Å². The molecule has 0 aliphatic rings. The Bertz CT molecular complexity index is 251. The zero-order valence-corrected chi connectivity index (χ0v) is 7.27. The van der Waals surface area contributed by atoms with Gasteiger partial charge in [-0.2, -0.15) is 0 Å². The SMILES string of the molecule is C[C@@H](CF)NC(=O)c1cnns1. The van der Waals surface area contributed by atoms with Gasteiger partial charge in [0.05, 0.1) is 12.2 Å². The van der Waals surface area contributed by atoms with Crippen LogP contribution in [0.25, 0.3) is 0 Å². The van der Waals surface area contributed by atoms with Crippen molar-refractivity contribution in [2.24, 2.45) is 0 Å². The number of aromatic nitrogens is 2. The molecule has 1 aromatic rings. The average Bonchev–Trinajstić information content (AvgIpc) is 2.56. The highest BCUT2D eigenvalue weighted by Crippen LogP contribution is 2.01. The topological polar surface area (TPSA) is 54.9 Å². The Morgan fingerprint density at radius 1 is 1.92 bits per heavy atom. The summed E-state index contributed by atoms with van der Waals surface area (Å²) in [5.41, 5.74) is 0. The molecule has 4 nitrogen and oxygen atoms in total. The lowest BCUT2D eigenvalue weighted by Crippen LogP contribution is -2.33. The molecule has 0 aromatic carbocycles. The number of amides is 1. The van der Waals surface area contributed by atoms with E-state index in [0.29, 0.717) is 4.88 Å². The summed E-state index contributed by atoms with van der Waals surface area (Å²) < 4.78 is 15.5. The minimum absolute atomic E-state index is 0.324. The number of alkyl halides is 1. The lowest BCUT2D eigenvalue weighted by atomic mass is 10.3. The van der Waals surface area contributed by atoms with Crippen LogP contribution in [0.2, 0.25) is 0 Å². The molecule has 0 saturated heterocycles. The molecule has 0 aliphatic heterocycles. The van der Waals surface area contributed by atoms with Crippen molar-refractivity contribution in [3.8, 4) is 0 Å². The van der Waals surface area contributed by atoms with Crippen molar-refractivity contribution in [1.82, 2.24) is 14.9 Å². The molecule has 0 radical (unpaired) electrons. The molecule has 1 rings (SSSR count). The van der Waals surface area contributed by atoms with Crippen LogP contribution < -0.4 is 5.32 Å². The van der Waals surface area contributed by atoms with Gasteiger partial charge in [0.1, 0.15) is 11.6 Å². The summed E-state index contributed by atoms with van der Waals surface area (Å²) in [7, 11) is 0. The van der Waals surface area contributed by atoms with E-state index in [4.69, 9.17) is 0 Å². The van der Waals surface area contributed by atoms with Crippen LogP contribution in [0, 0.1) is 0 Å². The lowest BCUT2D eigenvalue weighted by Gasteiger charge is -2.06. The summed E-state index contributed by atoms with van der Waals surface area (Å²) in [6, 6.07) is -0.459. The number of carbonyl (C=O) groups is 1. The predicted molar refractivity (Wildman–Crippen MR) is 42.8 cm³/mol. The minimum Gasteiger partial charge on any atom is -0.346 e. The third-order valence-corrected chi connectivity index (χ3v) is 1.86. The maximum Gasteiger partial charge on any atom is 0.264 e. The zero-order valence-electron chi connectivity index (χ0n) is 6.45. The maximum absolute atomic E-state index is 11.9. The van der Waals surface area contributed by atoms with Crippen LogP contribution in [0.1, 0.15) is 16.6 Å². The maximum atomic E-state index is 11.9. The van der Waals surface area contributed by atoms with E-state index in [9.17, 15) is 9.18 Å². The second kappa shape index (κ2) is 4.10. The number of hydrogen-bond acceptors (Lipinski definition) is 4. The van der Waals surface area contributed by atoms with Gasteiger partial charge in [-0.25, -0.2) is 4.39 Å². The zero-order chi connectivity index (χ0) is 8.97. The van der Waals surface area contributed by atoms with Crippen molar-refractivity contribution < 1.29 is 9.18 Å². The van der Waals surface area contributed by atoms with Crippen molar-refractivity contribution in [2.75, 3.05) is 6.67 Å². The Morgan fingerprint density at radius 3 is 3.17 bits per heavy atom. The summed E-state index contributed by atoms with van der Waals surface area (Å²) in [6.07, 6.45) is 1.35. The number of nitrogens with zero attached hydrogens (tertiary/aromatic N) is 2. The molecule has 1 amide bonds. The molecule has 1 heterocycles. The Hall–Kier alpha value is -1.04. The minimum atomic E-state index is -0.571. The van der Waals surface area contributed by atoms with E-state index in [1.54, 1.807) is 6.92 Å². The number of carbonyl (C=O) groups excluding carboxylic acids is 1. The predicted octanol–water partition coefficient (Wildman–Crippen LogP) is 0.626. The third-order valence-electron chi connectivity index (χ3n) is 1.19. The molecule has 0 saturated carbocycles. The van der Waals surface area contributed by atoms with E-state index < -0.39 is 12.7 Å². The summed E-state index contributed by atoms with van der Waals surface area (Å²) in [4.78, 5) is 11.5. The van der Waals surface area contributed by atoms with Gasteiger partial charge in [-0.15, -0.1) is 5.10 Å². The fraction of sp³-hybridized carbons (Fsp3) is 0.500. The van der Waals surface area contributed by atoms with Gasteiger partial charge >= 0.3 is 0 Å². The van der Waals surface area contributed by atoms with E-state index in [1.807, 2.05) is 0 Å². The second-order valence-electron chi connectivity index (χ2n) is 2.31. The Balaban J connectivity index is 2.50. The molecule has 12 heavy (non-hydrogen) atoms. The van der Waals surface area contributed by atoms with Crippen molar-refractivity contribution >= 4 is 17.4 Å². The van der Waals surface area contributed by atoms with E-state index in [1.165, 1.54) is 6.20 Å². The van der Waals surface area contributed by atoms with Gasteiger partial charge in [0.25, 0.3) is 5.91 Å². The van der Waals surface area contributed by atoms with Gasteiger partial charge in [-0.1, -0.05) is 4.49 Å². The number of rotatable bonds is 3. The molecule has 0 fully saturated rings. The van der Waals surface area contributed by atoms with Crippen molar-refractivity contribution in [3.05, 3.63) is 11.1 Å². The van der Waals surface area contributed by atoms with Crippen molar-refractivity contribution in [2.45, 2.75) is 13.0 Å². The summed E-state index contributed by atoms with van der Waals surface area (Å²) >= 11 is 0.988. The standard InChI is InChI=1S/C6H8FN3OS/c1-4(2-7)9-6(11)5-3-8-10-12-5/h3-4H,2H2,1H3,(H,9,11)/t4-/m0/s1. The lowest BCUT2D eigenvalue weighted by molar-refractivity contribution is 0.0938. The van der Waals surface area contributed by atoms with Crippen LogP contribution in [-0.4, -0.2) is 28.2 Å². The van der Waals surface area contributed by atoms with Crippen LogP contribution in [0.5, 0.6) is 0 Å². The van der Waals surface area contributed by atoms with Crippen molar-refractivity contribution in [1.29, 1.82) is 0 Å².